The Labute approximate surface area is 153 Å². The quantitative estimate of drug-likeness (QED) is 0.513. The van der Waals surface area contributed by atoms with E-state index in [2.05, 4.69) is 4.98 Å². The molecule has 7 nitrogen and oxygen atoms in total. The molecule has 0 saturated carbocycles. The van der Waals surface area contributed by atoms with Crippen molar-refractivity contribution in [1.29, 1.82) is 5.26 Å². The van der Waals surface area contributed by atoms with E-state index in [1.807, 2.05) is 19.1 Å². The molecule has 0 saturated heterocycles. The average molecular weight is 358 g/mol. The predicted molar refractivity (Wildman–Crippen MR) is 101 cm³/mol. The van der Waals surface area contributed by atoms with Gasteiger partial charge >= 0.3 is 0 Å². The van der Waals surface area contributed by atoms with E-state index >= 15 is 0 Å². The number of benzene rings is 1. The van der Waals surface area contributed by atoms with Gasteiger partial charge in [-0.2, -0.15) is 5.26 Å². The fourth-order valence-electron chi connectivity index (χ4n) is 3.07. The van der Waals surface area contributed by atoms with Gasteiger partial charge < -0.3 is 4.74 Å². The van der Waals surface area contributed by atoms with E-state index in [0.717, 1.165) is 5.56 Å². The topological polar surface area (TPSA) is 89.4 Å². The summed E-state index contributed by atoms with van der Waals surface area (Å²) in [6.07, 6.45) is 1.62. The highest BCUT2D eigenvalue weighted by Gasteiger charge is 2.16. The van der Waals surface area contributed by atoms with E-state index in [-0.39, 0.29) is 22.2 Å². The van der Waals surface area contributed by atoms with Gasteiger partial charge in [0.1, 0.15) is 23.0 Å². The van der Waals surface area contributed by atoms with Crippen LogP contribution < -0.4 is 15.9 Å². The average Bonchev–Trinajstić information content (AvgIpc) is 2.69. The largest absolute Gasteiger partial charge is 0.497 e. The van der Waals surface area contributed by atoms with Gasteiger partial charge in [0.05, 0.1) is 18.2 Å². The minimum absolute atomic E-state index is 0.121. The summed E-state index contributed by atoms with van der Waals surface area (Å²) in [7, 11) is 1.55. The molecule has 0 bridgehead atoms. The molecule has 27 heavy (non-hydrogen) atoms. The van der Waals surface area contributed by atoms with Crippen molar-refractivity contribution in [3.8, 4) is 17.5 Å². The second-order valence-corrected chi connectivity index (χ2v) is 6.05. The number of ether oxygens (including phenoxy) is 1. The number of hydrogen-bond donors (Lipinski definition) is 0. The SMILES string of the molecule is COc1ccc(-n2c(=O)c(C#N)cc3c(=O)n4cccc(C)c4nc32)cc1. The van der Waals surface area contributed by atoms with Gasteiger partial charge in [-0.15, -0.1) is 0 Å². The maximum Gasteiger partial charge on any atom is 0.274 e. The Balaban J connectivity index is 2.22. The van der Waals surface area contributed by atoms with Crippen molar-refractivity contribution < 1.29 is 4.74 Å². The Bertz CT molecular complexity index is 1360. The molecular formula is C20H14N4O3. The van der Waals surface area contributed by atoms with Crippen molar-refractivity contribution >= 4 is 16.7 Å². The highest BCUT2D eigenvalue weighted by atomic mass is 16.5. The van der Waals surface area contributed by atoms with Crippen molar-refractivity contribution in [2.45, 2.75) is 6.92 Å². The van der Waals surface area contributed by atoms with E-state index in [4.69, 9.17) is 4.74 Å². The fraction of sp³-hybridized carbons (Fsp3) is 0.100. The van der Waals surface area contributed by atoms with E-state index < -0.39 is 5.56 Å². The van der Waals surface area contributed by atoms with Crippen LogP contribution in [0.2, 0.25) is 0 Å². The molecule has 0 aliphatic heterocycles. The van der Waals surface area contributed by atoms with Gasteiger partial charge in [-0.1, -0.05) is 6.07 Å². The molecule has 3 heterocycles. The van der Waals surface area contributed by atoms with Crippen molar-refractivity contribution in [2.75, 3.05) is 7.11 Å². The maximum atomic E-state index is 13.0. The molecule has 3 aromatic heterocycles. The Morgan fingerprint density at radius 1 is 1.07 bits per heavy atom. The third kappa shape index (κ3) is 2.47. The number of aromatic nitrogens is 3. The zero-order chi connectivity index (χ0) is 19.1. The second-order valence-electron chi connectivity index (χ2n) is 6.05. The van der Waals surface area contributed by atoms with E-state index in [1.54, 1.807) is 43.6 Å². The molecular weight excluding hydrogens is 344 g/mol. The Morgan fingerprint density at radius 2 is 1.81 bits per heavy atom. The minimum Gasteiger partial charge on any atom is -0.497 e. The molecule has 132 valence electrons. The molecule has 0 fully saturated rings. The summed E-state index contributed by atoms with van der Waals surface area (Å²) in [5, 5.41) is 9.57. The lowest BCUT2D eigenvalue weighted by Crippen LogP contribution is -2.26. The number of nitrogens with zero attached hydrogens (tertiary/aromatic N) is 4. The third-order valence-electron chi connectivity index (χ3n) is 4.45. The molecule has 4 rings (SSSR count). The molecule has 0 aliphatic rings. The first-order valence-corrected chi connectivity index (χ1v) is 8.17. The number of nitriles is 1. The molecule has 4 aromatic rings. The van der Waals surface area contributed by atoms with Crippen LogP contribution in [-0.2, 0) is 0 Å². The van der Waals surface area contributed by atoms with E-state index in [0.29, 0.717) is 17.1 Å². The van der Waals surface area contributed by atoms with Gasteiger partial charge in [0.25, 0.3) is 11.1 Å². The van der Waals surface area contributed by atoms with Crippen LogP contribution in [0.3, 0.4) is 0 Å². The lowest BCUT2D eigenvalue weighted by Gasteiger charge is -2.12. The summed E-state index contributed by atoms with van der Waals surface area (Å²) in [5.74, 6) is 0.627. The monoisotopic (exact) mass is 358 g/mol. The number of hydrogen-bond acceptors (Lipinski definition) is 5. The number of methoxy groups -OCH3 is 1. The first kappa shape index (κ1) is 16.5. The summed E-state index contributed by atoms with van der Waals surface area (Å²) in [6.45, 7) is 1.84. The maximum absolute atomic E-state index is 13.0. The third-order valence-corrected chi connectivity index (χ3v) is 4.45. The van der Waals surface area contributed by atoms with Crippen LogP contribution in [0.25, 0.3) is 22.4 Å². The summed E-state index contributed by atoms with van der Waals surface area (Å²) in [5.41, 5.74) is 0.981. The van der Waals surface area contributed by atoms with Crippen molar-refractivity contribution in [2.24, 2.45) is 0 Å². The highest BCUT2D eigenvalue weighted by Crippen LogP contribution is 2.18. The van der Waals surface area contributed by atoms with Crippen LogP contribution in [0.1, 0.15) is 11.1 Å². The van der Waals surface area contributed by atoms with Crippen LogP contribution in [0.5, 0.6) is 5.75 Å². The molecule has 0 amide bonds. The van der Waals surface area contributed by atoms with Crippen molar-refractivity contribution in [3.05, 3.63) is 80.5 Å². The smallest absolute Gasteiger partial charge is 0.274 e. The van der Waals surface area contributed by atoms with Gasteiger partial charge in [-0.25, -0.2) is 4.98 Å². The fourth-order valence-corrected chi connectivity index (χ4v) is 3.07. The van der Waals surface area contributed by atoms with Gasteiger partial charge in [-0.3, -0.25) is 18.6 Å². The van der Waals surface area contributed by atoms with Gasteiger partial charge in [-0.05, 0) is 48.9 Å². The number of pyridine rings is 2. The molecule has 0 unspecified atom stereocenters. The summed E-state index contributed by atoms with van der Waals surface area (Å²) < 4.78 is 7.86. The van der Waals surface area contributed by atoms with Gasteiger partial charge in [0, 0.05) is 6.20 Å². The summed E-state index contributed by atoms with van der Waals surface area (Å²) in [6, 6.07) is 13.5. The summed E-state index contributed by atoms with van der Waals surface area (Å²) >= 11 is 0. The van der Waals surface area contributed by atoms with Gasteiger partial charge in [0.2, 0.25) is 0 Å². The zero-order valence-electron chi connectivity index (χ0n) is 14.6. The normalized spacial score (nSPS) is 10.9. The first-order valence-electron chi connectivity index (χ1n) is 8.17. The van der Waals surface area contributed by atoms with Gasteiger partial charge in [0.15, 0.2) is 5.65 Å². The van der Waals surface area contributed by atoms with E-state index in [1.165, 1.54) is 15.0 Å². The number of aryl methyl sites for hydroxylation is 1. The van der Waals surface area contributed by atoms with Crippen molar-refractivity contribution in [1.82, 2.24) is 14.0 Å². The zero-order valence-corrected chi connectivity index (χ0v) is 14.6. The molecule has 0 N–H and O–H groups in total. The van der Waals surface area contributed by atoms with Crippen LogP contribution in [0.4, 0.5) is 0 Å². The lowest BCUT2D eigenvalue weighted by molar-refractivity contribution is 0.414. The second kappa shape index (κ2) is 6.11. The molecule has 0 atom stereocenters. The number of rotatable bonds is 2. The first-order chi connectivity index (χ1) is 13.0. The van der Waals surface area contributed by atoms with E-state index in [9.17, 15) is 14.9 Å². The lowest BCUT2D eigenvalue weighted by atomic mass is 10.2. The molecule has 0 spiro atoms. The molecule has 1 aromatic carbocycles. The Kier molecular flexibility index (Phi) is 3.74. The highest BCUT2D eigenvalue weighted by molar-refractivity contribution is 5.80. The standard InChI is InChI=1S/C20H14N4O3/c1-12-4-3-9-23-17(12)22-18-16(20(23)26)10-13(11-21)19(25)24(18)14-5-7-15(27-2)8-6-14/h3-10H,1-2H3. The predicted octanol–water partition coefficient (Wildman–Crippen LogP) is 2.19. The van der Waals surface area contributed by atoms with Crippen LogP contribution in [-0.4, -0.2) is 21.1 Å². The van der Waals surface area contributed by atoms with Crippen LogP contribution >= 0.6 is 0 Å². The van der Waals surface area contributed by atoms with Crippen LogP contribution in [0, 0.1) is 18.3 Å². The minimum atomic E-state index is -0.528. The molecule has 0 aliphatic carbocycles. The molecule has 0 radical (unpaired) electrons. The Morgan fingerprint density at radius 3 is 2.48 bits per heavy atom. The van der Waals surface area contributed by atoms with Crippen molar-refractivity contribution in [3.63, 3.8) is 0 Å². The van der Waals surface area contributed by atoms with Crippen LogP contribution in [0.15, 0.2) is 58.3 Å². The summed E-state index contributed by atoms with van der Waals surface area (Å²) in [4.78, 5) is 30.4. The molecule has 7 heteroatoms. The Hall–Kier alpha value is -3.92. The number of fused-ring (bicyclic) bond motifs is 2.